The molecule has 0 fully saturated rings. The Labute approximate surface area is 317 Å². The van der Waals surface area contributed by atoms with Crippen molar-refractivity contribution in [3.05, 3.63) is 194 Å². The van der Waals surface area contributed by atoms with Crippen molar-refractivity contribution in [2.24, 2.45) is 0 Å². The van der Waals surface area contributed by atoms with Gasteiger partial charge in [-0.05, 0) is 106 Å². The lowest BCUT2D eigenvalue weighted by Crippen LogP contribution is -2.10. The van der Waals surface area contributed by atoms with E-state index in [4.69, 9.17) is 13.8 Å². The van der Waals surface area contributed by atoms with Crippen LogP contribution in [0.15, 0.2) is 203 Å². The number of aromatic nitrogens is 1. The molecule has 0 spiro atoms. The van der Waals surface area contributed by atoms with Gasteiger partial charge in [0, 0.05) is 38.5 Å². The maximum Gasteiger partial charge on any atom is 0.227 e. The summed E-state index contributed by atoms with van der Waals surface area (Å²) >= 11 is 0. The lowest BCUT2D eigenvalue weighted by Gasteiger charge is -2.28. The molecule has 4 nitrogen and oxygen atoms in total. The quantitative estimate of drug-likeness (QED) is 0.162. The van der Waals surface area contributed by atoms with E-state index >= 15 is 0 Å². The highest BCUT2D eigenvalue weighted by Crippen LogP contribution is 2.46. The van der Waals surface area contributed by atoms with Crippen LogP contribution in [0.5, 0.6) is 0 Å². The fraction of sp³-hybridized carbons (Fsp3) is 0. The molecule has 2 heterocycles. The molecule has 0 saturated carbocycles. The molecule has 0 aliphatic rings. The average molecular weight is 705 g/mol. The molecule has 0 amide bonds. The number of benzene rings is 9. The van der Waals surface area contributed by atoms with Gasteiger partial charge in [0.05, 0.1) is 5.69 Å². The standard InChI is InChI=1S/C51H32N2O2/c1-4-13-33(14-5-1)35-17-12-18-36(29-35)37-23-26-42-43(30-37)46(31-38-24-27-45-50(49(38)42)55-51(52-45)34-15-6-2-7-16-34)53(39-19-8-3-9-20-39)40-25-28-48-44(32-40)41-21-10-11-22-47(41)54-48/h1-32H. The first-order valence-electron chi connectivity index (χ1n) is 18.5. The van der Waals surface area contributed by atoms with Crippen LogP contribution < -0.4 is 4.90 Å². The Balaban J connectivity index is 1.20. The maximum absolute atomic E-state index is 6.67. The largest absolute Gasteiger partial charge is 0.456 e. The third kappa shape index (κ3) is 5.26. The van der Waals surface area contributed by atoms with Gasteiger partial charge in [0.2, 0.25) is 5.89 Å². The second kappa shape index (κ2) is 12.6. The van der Waals surface area contributed by atoms with E-state index in [1.54, 1.807) is 0 Å². The van der Waals surface area contributed by atoms with Gasteiger partial charge in [-0.25, -0.2) is 4.98 Å². The lowest BCUT2D eigenvalue weighted by molar-refractivity contribution is 0.623. The zero-order chi connectivity index (χ0) is 36.3. The van der Waals surface area contributed by atoms with Gasteiger partial charge in [-0.15, -0.1) is 0 Å². The Morgan fingerprint density at radius 3 is 1.87 bits per heavy atom. The second-order valence-electron chi connectivity index (χ2n) is 13.9. The first-order chi connectivity index (χ1) is 27.2. The predicted octanol–water partition coefficient (Wildman–Crippen LogP) is 14.5. The molecular weight excluding hydrogens is 673 g/mol. The Kier molecular flexibility index (Phi) is 7.14. The molecule has 11 aromatic rings. The molecule has 4 heteroatoms. The minimum atomic E-state index is 0.612. The van der Waals surface area contributed by atoms with Crippen molar-refractivity contribution in [3.8, 4) is 33.7 Å². The molecule has 0 saturated heterocycles. The van der Waals surface area contributed by atoms with Crippen molar-refractivity contribution < 1.29 is 8.83 Å². The van der Waals surface area contributed by atoms with E-state index in [1.165, 1.54) is 11.1 Å². The minimum absolute atomic E-state index is 0.612. The summed E-state index contributed by atoms with van der Waals surface area (Å²) in [6.07, 6.45) is 0. The van der Waals surface area contributed by atoms with E-state index < -0.39 is 0 Å². The van der Waals surface area contributed by atoms with Gasteiger partial charge in [0.25, 0.3) is 0 Å². The molecule has 258 valence electrons. The Morgan fingerprint density at radius 2 is 1.05 bits per heavy atom. The summed E-state index contributed by atoms with van der Waals surface area (Å²) in [6, 6.07) is 68.2. The van der Waals surface area contributed by atoms with Gasteiger partial charge in [-0.2, -0.15) is 0 Å². The first kappa shape index (κ1) is 31.1. The molecule has 0 bridgehead atoms. The highest BCUT2D eigenvalue weighted by atomic mass is 16.3. The number of nitrogens with zero attached hydrogens (tertiary/aromatic N) is 2. The van der Waals surface area contributed by atoms with Crippen LogP contribution in [0.4, 0.5) is 17.1 Å². The van der Waals surface area contributed by atoms with Crippen LogP contribution in [0.25, 0.3) is 88.3 Å². The van der Waals surface area contributed by atoms with Crippen LogP contribution in [-0.4, -0.2) is 4.98 Å². The van der Waals surface area contributed by atoms with Crippen molar-refractivity contribution in [3.63, 3.8) is 0 Å². The van der Waals surface area contributed by atoms with Gasteiger partial charge in [0.15, 0.2) is 5.58 Å². The Bertz CT molecular complexity index is 3200. The van der Waals surface area contributed by atoms with E-state index in [0.717, 1.165) is 88.3 Å². The number of rotatable bonds is 6. The molecule has 0 N–H and O–H groups in total. The minimum Gasteiger partial charge on any atom is -0.456 e. The zero-order valence-corrected chi connectivity index (χ0v) is 29.7. The smallest absolute Gasteiger partial charge is 0.227 e. The summed E-state index contributed by atoms with van der Waals surface area (Å²) in [4.78, 5) is 7.33. The first-order valence-corrected chi connectivity index (χ1v) is 18.5. The van der Waals surface area contributed by atoms with Gasteiger partial charge >= 0.3 is 0 Å². The van der Waals surface area contributed by atoms with E-state index in [0.29, 0.717) is 5.89 Å². The molecule has 11 rings (SSSR count). The second-order valence-corrected chi connectivity index (χ2v) is 13.9. The maximum atomic E-state index is 6.67. The topological polar surface area (TPSA) is 42.4 Å². The molecule has 0 radical (unpaired) electrons. The number of hydrogen-bond acceptors (Lipinski definition) is 4. The third-order valence-corrected chi connectivity index (χ3v) is 10.6. The molecule has 0 unspecified atom stereocenters. The summed E-state index contributed by atoms with van der Waals surface area (Å²) < 4.78 is 12.9. The number of furan rings is 1. The van der Waals surface area contributed by atoms with Gasteiger partial charge in [-0.1, -0.05) is 121 Å². The lowest BCUT2D eigenvalue weighted by atomic mass is 9.93. The zero-order valence-electron chi connectivity index (χ0n) is 29.7. The number of hydrogen-bond donors (Lipinski definition) is 0. The number of oxazole rings is 1. The normalized spacial score (nSPS) is 11.6. The highest BCUT2D eigenvalue weighted by molar-refractivity contribution is 6.22. The van der Waals surface area contributed by atoms with Crippen LogP contribution in [0.1, 0.15) is 0 Å². The summed E-state index contributed by atoms with van der Waals surface area (Å²) in [5, 5.41) is 6.47. The SMILES string of the molecule is c1ccc(-c2cccc(-c3ccc4c(c3)c(N(c3ccccc3)c3ccc5oc6ccccc6c5c3)cc3ccc5nc(-c6ccccc6)oc5c34)c2)cc1. The van der Waals surface area contributed by atoms with Crippen molar-refractivity contribution in [1.29, 1.82) is 0 Å². The number of anilines is 3. The molecule has 0 aliphatic carbocycles. The van der Waals surface area contributed by atoms with Crippen LogP contribution in [0.3, 0.4) is 0 Å². The number of para-hydroxylation sites is 2. The van der Waals surface area contributed by atoms with Crippen LogP contribution in [0, 0.1) is 0 Å². The van der Waals surface area contributed by atoms with Crippen molar-refractivity contribution in [1.82, 2.24) is 4.98 Å². The molecule has 55 heavy (non-hydrogen) atoms. The molecule has 0 atom stereocenters. The number of fused-ring (bicyclic) bond motifs is 8. The molecule has 2 aromatic heterocycles. The summed E-state index contributed by atoms with van der Waals surface area (Å²) in [5.41, 5.74) is 12.1. The Morgan fingerprint density at radius 1 is 0.382 bits per heavy atom. The van der Waals surface area contributed by atoms with E-state index in [9.17, 15) is 0 Å². The molecule has 0 aliphatic heterocycles. The fourth-order valence-electron chi connectivity index (χ4n) is 8.04. The van der Waals surface area contributed by atoms with Crippen molar-refractivity contribution in [2.75, 3.05) is 4.90 Å². The van der Waals surface area contributed by atoms with Gasteiger partial charge in [-0.3, -0.25) is 0 Å². The predicted molar refractivity (Wildman–Crippen MR) is 227 cm³/mol. The van der Waals surface area contributed by atoms with E-state index in [1.807, 2.05) is 42.5 Å². The van der Waals surface area contributed by atoms with E-state index in [2.05, 4.69) is 157 Å². The third-order valence-electron chi connectivity index (χ3n) is 10.6. The van der Waals surface area contributed by atoms with Crippen LogP contribution in [-0.2, 0) is 0 Å². The molecular formula is C51H32N2O2. The summed E-state index contributed by atoms with van der Waals surface area (Å²) in [6.45, 7) is 0. The molecule has 9 aromatic carbocycles. The van der Waals surface area contributed by atoms with Crippen molar-refractivity contribution in [2.45, 2.75) is 0 Å². The highest BCUT2D eigenvalue weighted by Gasteiger charge is 2.22. The van der Waals surface area contributed by atoms with Gasteiger partial charge in [0.1, 0.15) is 16.7 Å². The van der Waals surface area contributed by atoms with Crippen LogP contribution in [0.2, 0.25) is 0 Å². The fourth-order valence-corrected chi connectivity index (χ4v) is 8.04. The van der Waals surface area contributed by atoms with Crippen molar-refractivity contribution >= 4 is 71.6 Å². The van der Waals surface area contributed by atoms with Crippen LogP contribution >= 0.6 is 0 Å². The summed E-state index contributed by atoms with van der Waals surface area (Å²) in [7, 11) is 0. The van der Waals surface area contributed by atoms with E-state index in [-0.39, 0.29) is 0 Å². The average Bonchev–Trinajstić information content (AvgIpc) is 3.87. The van der Waals surface area contributed by atoms with Gasteiger partial charge < -0.3 is 13.7 Å². The Hall–Kier alpha value is -7.43. The summed E-state index contributed by atoms with van der Waals surface area (Å²) in [5.74, 6) is 0.612. The monoisotopic (exact) mass is 704 g/mol.